The lowest BCUT2D eigenvalue weighted by atomic mass is 10.2. The molecular weight excluding hydrogens is 228 g/mol. The number of hydrogen-bond acceptors (Lipinski definition) is 4. The number of carboxylic acid groups (broad SMARTS) is 1. The number of aliphatic hydroxyl groups excluding tert-OH is 1. The van der Waals surface area contributed by atoms with E-state index in [1.54, 1.807) is 19.3 Å². The van der Waals surface area contributed by atoms with Crippen molar-refractivity contribution in [2.24, 2.45) is 7.05 Å². The van der Waals surface area contributed by atoms with E-state index in [4.69, 9.17) is 10.2 Å². The second-order valence-electron chi connectivity index (χ2n) is 3.53. The molecule has 1 aromatic rings. The molecule has 0 aliphatic carbocycles. The van der Waals surface area contributed by atoms with Crippen LogP contribution >= 0.6 is 0 Å². The summed E-state index contributed by atoms with van der Waals surface area (Å²) in [6, 6.07) is -0.548. The Balaban J connectivity index is 2.56. The molecule has 17 heavy (non-hydrogen) atoms. The average molecular weight is 242 g/mol. The van der Waals surface area contributed by atoms with Gasteiger partial charge in [0.1, 0.15) is 0 Å². The number of aliphatic carboxylic acids is 1. The van der Waals surface area contributed by atoms with E-state index < -0.39 is 24.1 Å². The fourth-order valence-corrected chi connectivity index (χ4v) is 1.16. The molecular formula is C9H14N4O4. The third kappa shape index (κ3) is 3.76. The third-order valence-electron chi connectivity index (χ3n) is 1.99. The highest BCUT2D eigenvalue weighted by Gasteiger charge is 2.25. The molecule has 2 unspecified atom stereocenters. The van der Waals surface area contributed by atoms with Crippen molar-refractivity contribution in [2.45, 2.75) is 19.1 Å². The summed E-state index contributed by atoms with van der Waals surface area (Å²) in [5, 5.41) is 26.3. The quantitative estimate of drug-likeness (QED) is 0.561. The SMILES string of the molecule is CC(O)C(NC(=O)Nc1ccn(C)n1)C(=O)O. The summed E-state index contributed by atoms with van der Waals surface area (Å²) < 4.78 is 1.49. The highest BCUT2D eigenvalue weighted by atomic mass is 16.4. The second-order valence-corrected chi connectivity index (χ2v) is 3.53. The van der Waals surface area contributed by atoms with Crippen molar-refractivity contribution in [1.82, 2.24) is 15.1 Å². The van der Waals surface area contributed by atoms with Crippen LogP contribution in [0.2, 0.25) is 0 Å². The maximum absolute atomic E-state index is 11.4. The monoisotopic (exact) mass is 242 g/mol. The topological polar surface area (TPSA) is 116 Å². The summed E-state index contributed by atoms with van der Waals surface area (Å²) in [4.78, 5) is 22.1. The Labute approximate surface area is 97.2 Å². The number of aryl methyl sites for hydroxylation is 1. The minimum absolute atomic E-state index is 0.291. The van der Waals surface area contributed by atoms with Crippen LogP contribution in [0, 0.1) is 0 Å². The van der Waals surface area contributed by atoms with Gasteiger partial charge in [-0.25, -0.2) is 9.59 Å². The Morgan fingerprint density at radius 3 is 2.59 bits per heavy atom. The van der Waals surface area contributed by atoms with Gasteiger partial charge >= 0.3 is 12.0 Å². The van der Waals surface area contributed by atoms with Crippen molar-refractivity contribution in [3.05, 3.63) is 12.3 Å². The second kappa shape index (κ2) is 5.30. The van der Waals surface area contributed by atoms with Gasteiger partial charge in [-0.3, -0.25) is 10.00 Å². The van der Waals surface area contributed by atoms with E-state index in [9.17, 15) is 9.59 Å². The lowest BCUT2D eigenvalue weighted by Gasteiger charge is -2.16. The zero-order valence-electron chi connectivity index (χ0n) is 9.41. The molecule has 0 aliphatic heterocycles. The molecule has 2 amide bonds. The summed E-state index contributed by atoms with van der Waals surface area (Å²) >= 11 is 0. The minimum atomic E-state index is -1.36. The van der Waals surface area contributed by atoms with Gasteiger partial charge in [-0.2, -0.15) is 5.10 Å². The van der Waals surface area contributed by atoms with Gasteiger partial charge in [0.15, 0.2) is 11.9 Å². The molecule has 94 valence electrons. The maximum Gasteiger partial charge on any atom is 0.328 e. The predicted octanol–water partition coefficient (Wildman–Crippen LogP) is -0.624. The van der Waals surface area contributed by atoms with Crippen molar-refractivity contribution >= 4 is 17.8 Å². The van der Waals surface area contributed by atoms with E-state index in [2.05, 4.69) is 15.7 Å². The first kappa shape index (κ1) is 13.0. The van der Waals surface area contributed by atoms with E-state index in [-0.39, 0.29) is 0 Å². The molecule has 0 radical (unpaired) electrons. The van der Waals surface area contributed by atoms with Gasteiger partial charge in [0.2, 0.25) is 0 Å². The average Bonchev–Trinajstić information content (AvgIpc) is 2.59. The predicted molar refractivity (Wildman–Crippen MR) is 58.5 cm³/mol. The summed E-state index contributed by atoms with van der Waals surface area (Å²) in [6.07, 6.45) is 0.431. The van der Waals surface area contributed by atoms with Gasteiger partial charge in [0.05, 0.1) is 6.10 Å². The fourth-order valence-electron chi connectivity index (χ4n) is 1.16. The normalized spacial score (nSPS) is 13.8. The molecule has 0 aliphatic rings. The summed E-state index contributed by atoms with van der Waals surface area (Å²) in [5.74, 6) is -1.02. The van der Waals surface area contributed by atoms with Crippen LogP contribution in [0.3, 0.4) is 0 Å². The molecule has 0 spiro atoms. The molecule has 0 aromatic carbocycles. The van der Waals surface area contributed by atoms with Crippen molar-refractivity contribution in [1.29, 1.82) is 0 Å². The number of carbonyl (C=O) groups is 2. The third-order valence-corrected chi connectivity index (χ3v) is 1.99. The van der Waals surface area contributed by atoms with E-state index in [1.807, 2.05) is 0 Å². The molecule has 8 nitrogen and oxygen atoms in total. The molecule has 4 N–H and O–H groups in total. The standard InChI is InChI=1S/C9H14N4O4/c1-5(14)7(8(15)16)11-9(17)10-6-3-4-13(2)12-6/h3-5,7,14H,1-2H3,(H,15,16)(H2,10,11,12,17). The first-order chi connectivity index (χ1) is 7.90. The van der Waals surface area contributed by atoms with Crippen LogP contribution in [0.1, 0.15) is 6.92 Å². The Bertz CT molecular complexity index is 415. The molecule has 1 heterocycles. The molecule has 1 aromatic heterocycles. The number of carbonyl (C=O) groups excluding carboxylic acids is 1. The number of aromatic nitrogens is 2. The highest BCUT2D eigenvalue weighted by molar-refractivity contribution is 5.91. The van der Waals surface area contributed by atoms with Crippen molar-refractivity contribution in [3.63, 3.8) is 0 Å². The van der Waals surface area contributed by atoms with Crippen molar-refractivity contribution in [2.75, 3.05) is 5.32 Å². The van der Waals surface area contributed by atoms with Crippen LogP contribution in [0.4, 0.5) is 10.6 Å². The number of rotatable bonds is 4. The smallest absolute Gasteiger partial charge is 0.328 e. The summed E-state index contributed by atoms with van der Waals surface area (Å²) in [7, 11) is 1.68. The first-order valence-electron chi connectivity index (χ1n) is 4.88. The Hall–Kier alpha value is -2.09. The number of nitrogens with one attached hydrogen (secondary N) is 2. The molecule has 0 saturated carbocycles. The molecule has 2 atom stereocenters. The van der Waals surface area contributed by atoms with E-state index in [0.29, 0.717) is 5.82 Å². The molecule has 0 bridgehead atoms. The number of nitrogens with zero attached hydrogens (tertiary/aromatic N) is 2. The lowest BCUT2D eigenvalue weighted by Crippen LogP contribution is -2.49. The highest BCUT2D eigenvalue weighted by Crippen LogP contribution is 2.01. The molecule has 8 heteroatoms. The lowest BCUT2D eigenvalue weighted by molar-refractivity contribution is -0.141. The van der Waals surface area contributed by atoms with E-state index in [1.165, 1.54) is 11.6 Å². The van der Waals surface area contributed by atoms with Crippen molar-refractivity contribution in [3.8, 4) is 0 Å². The molecule has 0 saturated heterocycles. The molecule has 1 rings (SSSR count). The molecule has 0 fully saturated rings. The number of urea groups is 1. The number of carboxylic acids is 1. The fraction of sp³-hybridized carbons (Fsp3) is 0.444. The van der Waals surface area contributed by atoms with Crippen LogP contribution in [-0.2, 0) is 11.8 Å². The van der Waals surface area contributed by atoms with Gasteiger partial charge in [0.25, 0.3) is 0 Å². The summed E-state index contributed by atoms with van der Waals surface area (Å²) in [5.41, 5.74) is 0. The maximum atomic E-state index is 11.4. The zero-order valence-corrected chi connectivity index (χ0v) is 9.41. The zero-order chi connectivity index (χ0) is 13.0. The van der Waals surface area contributed by atoms with Crippen LogP contribution < -0.4 is 10.6 Å². The van der Waals surface area contributed by atoms with Gasteiger partial charge in [-0.1, -0.05) is 0 Å². The number of aliphatic hydroxyl groups is 1. The Morgan fingerprint density at radius 1 is 1.53 bits per heavy atom. The number of amides is 2. The van der Waals surface area contributed by atoms with Gasteiger partial charge in [-0.05, 0) is 6.92 Å². The number of anilines is 1. The van der Waals surface area contributed by atoms with Crippen LogP contribution in [0.25, 0.3) is 0 Å². The van der Waals surface area contributed by atoms with Gasteiger partial charge in [-0.15, -0.1) is 0 Å². The minimum Gasteiger partial charge on any atom is -0.480 e. The van der Waals surface area contributed by atoms with Crippen LogP contribution in [0.15, 0.2) is 12.3 Å². The van der Waals surface area contributed by atoms with E-state index >= 15 is 0 Å². The largest absolute Gasteiger partial charge is 0.480 e. The van der Waals surface area contributed by atoms with E-state index in [0.717, 1.165) is 0 Å². The summed E-state index contributed by atoms with van der Waals surface area (Å²) in [6.45, 7) is 1.28. The Morgan fingerprint density at radius 2 is 2.18 bits per heavy atom. The van der Waals surface area contributed by atoms with Crippen LogP contribution in [0.5, 0.6) is 0 Å². The van der Waals surface area contributed by atoms with Gasteiger partial charge < -0.3 is 15.5 Å². The van der Waals surface area contributed by atoms with Crippen LogP contribution in [-0.4, -0.2) is 44.1 Å². The first-order valence-corrected chi connectivity index (χ1v) is 4.88. The van der Waals surface area contributed by atoms with Gasteiger partial charge in [0, 0.05) is 19.3 Å². The Kier molecular flexibility index (Phi) is 4.05. The number of hydrogen-bond donors (Lipinski definition) is 4. The van der Waals surface area contributed by atoms with Crippen molar-refractivity contribution < 1.29 is 19.8 Å².